The molecular formula is C13H19AlClTi. The molecular weight excluding hydrogens is 266 g/mol. The van der Waals surface area contributed by atoms with Gasteiger partial charge in [-0.25, -0.2) is 24.3 Å². The molecule has 0 fully saturated rings. The van der Waals surface area contributed by atoms with Crippen LogP contribution in [0.2, 0.25) is 11.6 Å². The molecule has 2 rings (SSSR count). The van der Waals surface area contributed by atoms with Crippen LogP contribution < -0.4 is 12.4 Å². The van der Waals surface area contributed by atoms with Gasteiger partial charge >= 0.3 is 48.5 Å². The zero-order chi connectivity index (χ0) is 9.78. The van der Waals surface area contributed by atoms with Crippen LogP contribution in [0.5, 0.6) is 0 Å². The van der Waals surface area contributed by atoms with Gasteiger partial charge in [0.05, 0.1) is 0 Å². The maximum atomic E-state index is 2.21. The van der Waals surface area contributed by atoms with Crippen LogP contribution in [-0.2, 0) is 21.7 Å². The van der Waals surface area contributed by atoms with Crippen LogP contribution >= 0.6 is 0 Å². The standard InChI is InChI=1S/2C5H5.3CH3.Al.ClH.Ti/c2*1-2-4-5-3-1;;;;;;/h2*1-5H;3*1H3;;1H;/q2*-1;;;-1;+1;;+3/p-1. The molecule has 0 bridgehead atoms. The van der Waals surface area contributed by atoms with E-state index < -0.39 is 0 Å². The molecule has 0 nitrogen and oxygen atoms in total. The number of hydrogen-bond donors (Lipinski definition) is 0. The molecule has 1 radical (unpaired) electrons. The number of halogens is 1. The van der Waals surface area contributed by atoms with Gasteiger partial charge in [-0.15, -0.1) is 0 Å². The molecule has 3 heteroatoms. The van der Waals surface area contributed by atoms with E-state index in [1.54, 1.807) is 0 Å². The number of hydrogen-bond acceptors (Lipinski definition) is 0. The van der Waals surface area contributed by atoms with Crippen molar-refractivity contribution in [2.75, 3.05) is 0 Å². The third-order valence-electron chi connectivity index (χ3n) is 1.11. The van der Waals surface area contributed by atoms with Gasteiger partial charge in [0, 0.05) is 0 Å². The summed E-state index contributed by atoms with van der Waals surface area (Å²) < 4.78 is 0. The summed E-state index contributed by atoms with van der Waals surface area (Å²) >= 11 is 0.750. The van der Waals surface area contributed by atoms with E-state index in [2.05, 4.69) is 11.6 Å². The Hall–Kier alpha value is 0.237. The van der Waals surface area contributed by atoms with Crippen LogP contribution in [0, 0.1) is 7.43 Å². The molecule has 0 atom stereocenters. The maximum absolute atomic E-state index is 2.21. The molecule has 0 amide bonds. The van der Waals surface area contributed by atoms with Crippen LogP contribution in [0.25, 0.3) is 0 Å². The Morgan fingerprint density at radius 2 is 0.938 bits per heavy atom. The summed E-state index contributed by atoms with van der Waals surface area (Å²) in [5.41, 5.74) is 0. The van der Waals surface area contributed by atoms with E-state index in [1.807, 2.05) is 60.7 Å². The van der Waals surface area contributed by atoms with Gasteiger partial charge < -0.3 is 19.8 Å². The summed E-state index contributed by atoms with van der Waals surface area (Å²) in [4.78, 5) is 0. The molecule has 0 aliphatic carbocycles. The molecule has 0 aliphatic rings. The molecule has 0 unspecified atom stereocenters. The predicted molar refractivity (Wildman–Crippen MR) is 68.0 cm³/mol. The Morgan fingerprint density at radius 3 is 1.00 bits per heavy atom. The van der Waals surface area contributed by atoms with Crippen molar-refractivity contribution in [1.29, 1.82) is 0 Å². The van der Waals surface area contributed by atoms with Gasteiger partial charge in [-0.05, 0) is 0 Å². The first-order chi connectivity index (χ1) is 6.41. The van der Waals surface area contributed by atoms with Gasteiger partial charge in [0.2, 0.25) is 0 Å². The van der Waals surface area contributed by atoms with Crippen molar-refractivity contribution in [3.63, 3.8) is 0 Å². The number of rotatable bonds is 0. The fourth-order valence-electron chi connectivity index (χ4n) is 0.642. The quantitative estimate of drug-likeness (QED) is 0.501. The first-order valence-electron chi connectivity index (χ1n) is 4.49. The minimum absolute atomic E-state index is 0. The van der Waals surface area contributed by atoms with Gasteiger partial charge in [0.15, 0.2) is 0 Å². The average Bonchev–Trinajstić information content (AvgIpc) is 2.85. The summed E-state index contributed by atoms with van der Waals surface area (Å²) in [6.45, 7) is 0. The van der Waals surface area contributed by atoms with Crippen molar-refractivity contribution >= 4 is 15.2 Å². The van der Waals surface area contributed by atoms with Crippen molar-refractivity contribution in [3.8, 4) is 0 Å². The van der Waals surface area contributed by atoms with E-state index in [1.165, 1.54) is 0 Å². The summed E-state index contributed by atoms with van der Waals surface area (Å²) in [6.07, 6.45) is 0. The minimum atomic E-state index is 0. The molecule has 0 aliphatic heterocycles. The smallest absolute Gasteiger partial charge is 1.00 e. The average molecular weight is 286 g/mol. The Labute approximate surface area is 128 Å². The SMILES string of the molecule is [CH3-].[CH3][Al+][CH3].[Cl-].[Ti+3].c1cc[cH-]c1.c1cc[cH-]c1. The molecule has 0 aromatic heterocycles. The fourth-order valence-corrected chi connectivity index (χ4v) is 0.642. The van der Waals surface area contributed by atoms with Crippen molar-refractivity contribution < 1.29 is 34.1 Å². The van der Waals surface area contributed by atoms with E-state index in [-0.39, 0.29) is 41.6 Å². The second-order valence-electron chi connectivity index (χ2n) is 2.50. The normalized spacial score (nSPS) is 5.62. The van der Waals surface area contributed by atoms with Gasteiger partial charge in [0.25, 0.3) is 0 Å². The van der Waals surface area contributed by atoms with Crippen molar-refractivity contribution in [2.45, 2.75) is 11.6 Å². The summed E-state index contributed by atoms with van der Waals surface area (Å²) in [6, 6.07) is 20.0. The molecule has 2 aromatic carbocycles. The maximum Gasteiger partial charge on any atom is 3.00 e. The fraction of sp³-hybridized carbons (Fsp3) is 0.154. The molecule has 16 heavy (non-hydrogen) atoms. The van der Waals surface area contributed by atoms with Crippen molar-refractivity contribution in [1.82, 2.24) is 0 Å². The third-order valence-corrected chi connectivity index (χ3v) is 1.11. The monoisotopic (exact) mass is 285 g/mol. The van der Waals surface area contributed by atoms with E-state index in [9.17, 15) is 0 Å². The molecule has 0 saturated heterocycles. The molecule has 85 valence electrons. The minimum Gasteiger partial charge on any atom is -1.00 e. The van der Waals surface area contributed by atoms with E-state index >= 15 is 0 Å². The Bertz CT molecular complexity index is 168. The molecule has 0 N–H and O–H groups in total. The predicted octanol–water partition coefficient (Wildman–Crippen LogP) is 1.05. The van der Waals surface area contributed by atoms with Gasteiger partial charge in [-0.3, -0.25) is 0 Å². The summed E-state index contributed by atoms with van der Waals surface area (Å²) in [7, 11) is 0. The topological polar surface area (TPSA) is 0 Å². The summed E-state index contributed by atoms with van der Waals surface area (Å²) in [5, 5.41) is 0. The van der Waals surface area contributed by atoms with Gasteiger partial charge in [-0.2, -0.15) is 36.4 Å². The first kappa shape index (κ1) is 25.2. The van der Waals surface area contributed by atoms with E-state index in [0.29, 0.717) is 0 Å². The Kier molecular flexibility index (Phi) is 38.5. The second kappa shape index (κ2) is 24.5. The van der Waals surface area contributed by atoms with Gasteiger partial charge in [-0.1, -0.05) is 0 Å². The molecule has 0 spiro atoms. The van der Waals surface area contributed by atoms with Crippen LogP contribution in [0.3, 0.4) is 0 Å². The molecule has 0 heterocycles. The van der Waals surface area contributed by atoms with Crippen LogP contribution in [0.4, 0.5) is 0 Å². The molecule has 2 aromatic rings. The zero-order valence-electron chi connectivity index (χ0n) is 10.2. The van der Waals surface area contributed by atoms with E-state index in [4.69, 9.17) is 0 Å². The van der Waals surface area contributed by atoms with Crippen LogP contribution in [0.1, 0.15) is 0 Å². The van der Waals surface area contributed by atoms with Gasteiger partial charge in [0.1, 0.15) is 0 Å². The Balaban J connectivity index is -0.0000000638. The second-order valence-corrected chi connectivity index (χ2v) is 3.66. The zero-order valence-corrected chi connectivity index (χ0v) is 13.7. The largest absolute Gasteiger partial charge is 3.00 e. The third kappa shape index (κ3) is 23.8. The van der Waals surface area contributed by atoms with Crippen LogP contribution in [-0.4, -0.2) is 15.2 Å². The molecule has 0 saturated carbocycles. The first-order valence-corrected chi connectivity index (χ1v) is 6.80. The van der Waals surface area contributed by atoms with E-state index in [0.717, 1.165) is 15.2 Å². The van der Waals surface area contributed by atoms with Crippen molar-refractivity contribution in [2.24, 2.45) is 0 Å². The van der Waals surface area contributed by atoms with Crippen molar-refractivity contribution in [3.05, 3.63) is 68.1 Å². The summed E-state index contributed by atoms with van der Waals surface area (Å²) in [5.74, 6) is 4.42. The Morgan fingerprint density at radius 1 is 0.750 bits per heavy atom. The van der Waals surface area contributed by atoms with Crippen LogP contribution in [0.15, 0.2) is 60.7 Å².